The van der Waals surface area contributed by atoms with Gasteiger partial charge < -0.3 is 30.3 Å². The Kier molecular flexibility index (Phi) is 7.31. The van der Waals surface area contributed by atoms with Crippen LogP contribution in [0, 0.1) is 0 Å². The highest BCUT2D eigenvalue weighted by Gasteiger charge is 2.31. The van der Waals surface area contributed by atoms with Crippen LogP contribution in [-0.2, 0) is 10.2 Å². The number of aliphatic hydroxyl groups excluding tert-OH is 5. The number of rotatable bonds is 7. The van der Waals surface area contributed by atoms with Gasteiger partial charge in [0.2, 0.25) is 0 Å². The smallest absolute Gasteiger partial charge is 0.338 e. The molecule has 136 valence electrons. The molecule has 1 aromatic rings. The minimum absolute atomic E-state index is 0.283. The van der Waals surface area contributed by atoms with Crippen LogP contribution >= 0.6 is 0 Å². The Hall–Kier alpha value is -1.51. The topological polar surface area (TPSA) is 127 Å². The van der Waals surface area contributed by atoms with Gasteiger partial charge in [0.25, 0.3) is 0 Å². The molecular weight excluding hydrogens is 316 g/mol. The first-order valence-corrected chi connectivity index (χ1v) is 7.69. The Balaban J connectivity index is 2.74. The maximum atomic E-state index is 12.2. The summed E-state index contributed by atoms with van der Waals surface area (Å²) < 4.78 is 5.01. The molecule has 7 heteroatoms. The summed E-state index contributed by atoms with van der Waals surface area (Å²) in [5.41, 5.74) is 0.846. The van der Waals surface area contributed by atoms with Crippen LogP contribution in [-0.4, -0.2) is 69.1 Å². The van der Waals surface area contributed by atoms with Gasteiger partial charge >= 0.3 is 5.97 Å². The lowest BCUT2D eigenvalue weighted by molar-refractivity contribution is -0.124. The summed E-state index contributed by atoms with van der Waals surface area (Å²) in [5.74, 6) is -0.663. The second-order valence-corrected chi connectivity index (χ2v) is 6.69. The van der Waals surface area contributed by atoms with Gasteiger partial charge in [-0.3, -0.25) is 0 Å². The normalized spacial score (nSPS) is 17.0. The van der Waals surface area contributed by atoms with E-state index in [1.807, 2.05) is 32.9 Å². The SMILES string of the molecule is CC(C)(C)c1ccccc1C(=O)OC[C@H](O)[C@@H](O)[C@H](O)[C@H](O)CO. The van der Waals surface area contributed by atoms with Crippen molar-refractivity contribution in [2.75, 3.05) is 13.2 Å². The first-order chi connectivity index (χ1) is 11.1. The predicted octanol–water partition coefficient (Wildman–Crippen LogP) is -0.423. The fraction of sp³-hybridized carbons (Fsp3) is 0.588. The summed E-state index contributed by atoms with van der Waals surface area (Å²) in [6.07, 6.45) is -6.73. The first-order valence-electron chi connectivity index (χ1n) is 7.69. The van der Waals surface area contributed by atoms with Crippen molar-refractivity contribution < 1.29 is 35.1 Å². The lowest BCUT2D eigenvalue weighted by Gasteiger charge is -2.26. The van der Waals surface area contributed by atoms with Gasteiger partial charge in [0.05, 0.1) is 12.2 Å². The van der Waals surface area contributed by atoms with E-state index >= 15 is 0 Å². The number of carbonyl (C=O) groups excluding carboxylic acids is 1. The molecule has 0 bridgehead atoms. The molecule has 0 saturated carbocycles. The molecule has 0 heterocycles. The van der Waals surface area contributed by atoms with Crippen LogP contribution in [0.15, 0.2) is 24.3 Å². The molecule has 7 nitrogen and oxygen atoms in total. The zero-order valence-electron chi connectivity index (χ0n) is 14.1. The Morgan fingerprint density at radius 2 is 1.58 bits per heavy atom. The summed E-state index contributed by atoms with van der Waals surface area (Å²) in [7, 11) is 0. The third-order valence-electron chi connectivity index (χ3n) is 3.67. The highest BCUT2D eigenvalue weighted by molar-refractivity contribution is 5.91. The minimum atomic E-state index is -1.77. The van der Waals surface area contributed by atoms with Crippen LogP contribution in [0.1, 0.15) is 36.7 Å². The molecule has 1 aromatic carbocycles. The summed E-state index contributed by atoms with van der Waals surface area (Å²) >= 11 is 0. The number of hydrogen-bond acceptors (Lipinski definition) is 7. The first kappa shape index (κ1) is 20.5. The molecule has 0 amide bonds. The van der Waals surface area contributed by atoms with Crippen LogP contribution in [0.2, 0.25) is 0 Å². The lowest BCUT2D eigenvalue weighted by atomic mass is 9.84. The van der Waals surface area contributed by atoms with Gasteiger partial charge in [0.15, 0.2) is 0 Å². The van der Waals surface area contributed by atoms with Gasteiger partial charge in [-0.05, 0) is 17.0 Å². The van der Waals surface area contributed by atoms with Crippen LogP contribution in [0.3, 0.4) is 0 Å². The summed E-state index contributed by atoms with van der Waals surface area (Å²) in [5, 5.41) is 47.0. The quantitative estimate of drug-likeness (QED) is 0.426. The van der Waals surface area contributed by atoms with Gasteiger partial charge in [0, 0.05) is 0 Å². The molecule has 1 rings (SSSR count). The van der Waals surface area contributed by atoms with Gasteiger partial charge in [-0.2, -0.15) is 0 Å². The third kappa shape index (κ3) is 5.25. The van der Waals surface area contributed by atoms with Crippen molar-refractivity contribution in [3.8, 4) is 0 Å². The van der Waals surface area contributed by atoms with Crippen molar-refractivity contribution in [3.63, 3.8) is 0 Å². The number of aliphatic hydroxyl groups is 5. The monoisotopic (exact) mass is 342 g/mol. The Morgan fingerprint density at radius 3 is 2.12 bits per heavy atom. The molecule has 0 unspecified atom stereocenters. The van der Waals surface area contributed by atoms with Gasteiger partial charge in [-0.25, -0.2) is 4.79 Å². The second kappa shape index (κ2) is 8.55. The highest BCUT2D eigenvalue weighted by Crippen LogP contribution is 2.26. The minimum Gasteiger partial charge on any atom is -0.459 e. The molecule has 5 N–H and O–H groups in total. The van der Waals surface area contributed by atoms with E-state index < -0.39 is 43.6 Å². The molecular formula is C17H26O7. The van der Waals surface area contributed by atoms with E-state index in [1.165, 1.54) is 0 Å². The molecule has 0 aliphatic rings. The van der Waals surface area contributed by atoms with Crippen molar-refractivity contribution >= 4 is 5.97 Å². The fourth-order valence-electron chi connectivity index (χ4n) is 2.22. The van der Waals surface area contributed by atoms with Crippen molar-refractivity contribution in [3.05, 3.63) is 35.4 Å². The van der Waals surface area contributed by atoms with E-state index in [-0.39, 0.29) is 5.41 Å². The van der Waals surface area contributed by atoms with Crippen LogP contribution in [0.4, 0.5) is 0 Å². The Labute approximate surface area is 141 Å². The van der Waals surface area contributed by atoms with E-state index in [0.29, 0.717) is 5.56 Å². The zero-order chi connectivity index (χ0) is 18.5. The fourth-order valence-corrected chi connectivity index (χ4v) is 2.22. The highest BCUT2D eigenvalue weighted by atomic mass is 16.5. The van der Waals surface area contributed by atoms with E-state index in [2.05, 4.69) is 0 Å². The standard InChI is InChI=1S/C17H26O7/c1-17(2,3)11-7-5-4-6-10(11)16(23)24-9-13(20)15(22)14(21)12(19)8-18/h4-7,12-15,18-22H,8-9H2,1-3H3/t12-,13+,14-,15-/m1/s1. The molecule has 24 heavy (non-hydrogen) atoms. The number of ether oxygens (including phenoxy) is 1. The van der Waals surface area contributed by atoms with Crippen molar-refractivity contribution in [2.45, 2.75) is 50.6 Å². The number of benzene rings is 1. The zero-order valence-corrected chi connectivity index (χ0v) is 14.1. The lowest BCUT2D eigenvalue weighted by Crippen LogP contribution is -2.47. The average molecular weight is 342 g/mol. The number of carbonyl (C=O) groups is 1. The molecule has 0 spiro atoms. The molecule has 4 atom stereocenters. The molecule has 0 aromatic heterocycles. The Morgan fingerprint density at radius 1 is 1.04 bits per heavy atom. The van der Waals surface area contributed by atoms with E-state index in [4.69, 9.17) is 9.84 Å². The average Bonchev–Trinajstić information content (AvgIpc) is 2.56. The molecule has 0 fully saturated rings. The summed E-state index contributed by atoms with van der Waals surface area (Å²) in [6, 6.07) is 6.92. The van der Waals surface area contributed by atoms with Crippen molar-refractivity contribution in [1.82, 2.24) is 0 Å². The second-order valence-electron chi connectivity index (χ2n) is 6.69. The van der Waals surface area contributed by atoms with E-state index in [0.717, 1.165) is 5.56 Å². The maximum absolute atomic E-state index is 12.2. The number of hydrogen-bond donors (Lipinski definition) is 5. The Bertz CT molecular complexity index is 538. The third-order valence-corrected chi connectivity index (χ3v) is 3.67. The summed E-state index contributed by atoms with van der Waals surface area (Å²) in [6.45, 7) is 4.51. The summed E-state index contributed by atoms with van der Waals surface area (Å²) in [4.78, 5) is 12.2. The van der Waals surface area contributed by atoms with Crippen molar-refractivity contribution in [2.24, 2.45) is 0 Å². The van der Waals surface area contributed by atoms with E-state index in [9.17, 15) is 25.2 Å². The van der Waals surface area contributed by atoms with E-state index in [1.54, 1.807) is 12.1 Å². The largest absolute Gasteiger partial charge is 0.459 e. The van der Waals surface area contributed by atoms with Gasteiger partial charge in [-0.15, -0.1) is 0 Å². The van der Waals surface area contributed by atoms with Crippen LogP contribution in [0.5, 0.6) is 0 Å². The van der Waals surface area contributed by atoms with Crippen molar-refractivity contribution in [1.29, 1.82) is 0 Å². The molecule has 0 radical (unpaired) electrons. The number of esters is 1. The predicted molar refractivity (Wildman–Crippen MR) is 86.5 cm³/mol. The van der Waals surface area contributed by atoms with Gasteiger partial charge in [-0.1, -0.05) is 39.0 Å². The van der Waals surface area contributed by atoms with Crippen LogP contribution in [0.25, 0.3) is 0 Å². The molecule has 0 aliphatic carbocycles. The van der Waals surface area contributed by atoms with Crippen LogP contribution < -0.4 is 0 Å². The maximum Gasteiger partial charge on any atom is 0.338 e. The molecule has 0 saturated heterocycles. The molecule has 0 aliphatic heterocycles. The van der Waals surface area contributed by atoms with Gasteiger partial charge in [0.1, 0.15) is 31.0 Å².